The minimum Gasteiger partial charge on any atom is -0.494 e. The number of carbonyl (C=O) groups is 1. The number of ether oxygens (including phenoxy) is 4. The van der Waals surface area contributed by atoms with E-state index in [1.807, 2.05) is 14.1 Å². The summed E-state index contributed by atoms with van der Waals surface area (Å²) >= 11 is 7.77. The first-order chi connectivity index (χ1) is 15.8. The number of halogens is 1. The van der Waals surface area contributed by atoms with Gasteiger partial charge in [-0.05, 0) is 51.3 Å². The summed E-state index contributed by atoms with van der Waals surface area (Å²) in [7, 11) is 10.1. The lowest BCUT2D eigenvalue weighted by atomic mass is 10.1. The molecule has 8 nitrogen and oxygen atoms in total. The Morgan fingerprint density at radius 3 is 2.15 bits per heavy atom. The maximum Gasteiger partial charge on any atom is 0.260 e. The van der Waals surface area contributed by atoms with Crippen molar-refractivity contribution in [2.75, 3.05) is 60.5 Å². The van der Waals surface area contributed by atoms with Gasteiger partial charge in [-0.1, -0.05) is 22.9 Å². The highest BCUT2D eigenvalue weighted by molar-refractivity contribution is 7.23. The highest BCUT2D eigenvalue weighted by Gasteiger charge is 2.25. The molecule has 1 amide bonds. The number of aromatic nitrogens is 1. The van der Waals surface area contributed by atoms with Gasteiger partial charge in [-0.15, -0.1) is 0 Å². The summed E-state index contributed by atoms with van der Waals surface area (Å²) in [6.45, 7) is 1.28. The number of methoxy groups -OCH3 is 4. The van der Waals surface area contributed by atoms with Gasteiger partial charge in [0.05, 0.1) is 38.2 Å². The number of hydrogen-bond donors (Lipinski definition) is 0. The number of benzene rings is 2. The molecular formula is C23H28ClN3O5S. The Hall–Kier alpha value is -2.75. The van der Waals surface area contributed by atoms with Crippen LogP contribution in [-0.4, -0.2) is 71.4 Å². The van der Waals surface area contributed by atoms with E-state index in [0.717, 1.165) is 17.7 Å². The van der Waals surface area contributed by atoms with Crippen molar-refractivity contribution in [2.24, 2.45) is 0 Å². The third-order valence-electron chi connectivity index (χ3n) is 5.04. The van der Waals surface area contributed by atoms with Gasteiger partial charge in [0.1, 0.15) is 11.3 Å². The largest absolute Gasteiger partial charge is 0.494 e. The van der Waals surface area contributed by atoms with Gasteiger partial charge in [0, 0.05) is 12.1 Å². The average Bonchev–Trinajstić information content (AvgIpc) is 3.26. The smallest absolute Gasteiger partial charge is 0.260 e. The van der Waals surface area contributed by atoms with Crippen LogP contribution in [0.3, 0.4) is 0 Å². The monoisotopic (exact) mass is 493 g/mol. The summed E-state index contributed by atoms with van der Waals surface area (Å²) in [5.74, 6) is 1.60. The number of rotatable bonds is 10. The molecule has 2 aromatic carbocycles. The third kappa shape index (κ3) is 5.26. The molecule has 10 heteroatoms. The first-order valence-electron chi connectivity index (χ1n) is 10.2. The van der Waals surface area contributed by atoms with Crippen molar-refractivity contribution in [3.8, 4) is 23.0 Å². The van der Waals surface area contributed by atoms with E-state index in [2.05, 4.69) is 4.90 Å². The molecule has 1 heterocycles. The number of nitrogens with zero attached hydrogens (tertiary/aromatic N) is 3. The summed E-state index contributed by atoms with van der Waals surface area (Å²) in [6.07, 6.45) is 0.754. The zero-order valence-corrected chi connectivity index (χ0v) is 21.2. The van der Waals surface area contributed by atoms with E-state index in [-0.39, 0.29) is 5.91 Å². The Kier molecular flexibility index (Phi) is 8.23. The topological polar surface area (TPSA) is 73.4 Å². The Morgan fingerprint density at radius 2 is 1.61 bits per heavy atom. The molecule has 0 fully saturated rings. The van der Waals surface area contributed by atoms with Crippen molar-refractivity contribution >= 4 is 44.2 Å². The Bertz CT molecular complexity index is 1110. The van der Waals surface area contributed by atoms with Crippen LogP contribution in [0.2, 0.25) is 5.02 Å². The fourth-order valence-corrected chi connectivity index (χ4v) is 4.69. The maximum absolute atomic E-state index is 13.7. The molecule has 0 aliphatic carbocycles. The highest BCUT2D eigenvalue weighted by Crippen LogP contribution is 2.41. The van der Waals surface area contributed by atoms with Gasteiger partial charge < -0.3 is 23.8 Å². The first kappa shape index (κ1) is 24.9. The minimum absolute atomic E-state index is 0.234. The molecule has 0 saturated carbocycles. The van der Waals surface area contributed by atoms with E-state index in [0.29, 0.717) is 50.8 Å². The van der Waals surface area contributed by atoms with Crippen molar-refractivity contribution in [1.82, 2.24) is 9.88 Å². The molecule has 1 aromatic heterocycles. The van der Waals surface area contributed by atoms with Crippen LogP contribution in [0, 0.1) is 0 Å². The maximum atomic E-state index is 13.7. The lowest BCUT2D eigenvalue weighted by Crippen LogP contribution is -2.33. The second-order valence-corrected chi connectivity index (χ2v) is 8.84. The molecule has 0 aliphatic heterocycles. The van der Waals surface area contributed by atoms with Gasteiger partial charge in [-0.3, -0.25) is 9.69 Å². The zero-order valence-electron chi connectivity index (χ0n) is 19.6. The summed E-state index contributed by atoms with van der Waals surface area (Å²) < 4.78 is 22.5. The van der Waals surface area contributed by atoms with Gasteiger partial charge in [-0.2, -0.15) is 0 Å². The summed E-state index contributed by atoms with van der Waals surface area (Å²) in [5, 5.41) is 1.09. The Morgan fingerprint density at radius 1 is 0.970 bits per heavy atom. The lowest BCUT2D eigenvalue weighted by Gasteiger charge is -2.22. The second kappa shape index (κ2) is 10.9. The van der Waals surface area contributed by atoms with Crippen LogP contribution in [0.5, 0.6) is 23.0 Å². The molecule has 3 rings (SSSR count). The molecule has 0 spiro atoms. The standard InChI is InChI=1S/C23H28ClN3O5S/c1-26(2)10-7-11-27(23-25-19-16(29-3)9-8-15(24)21(19)33-23)22(28)14-12-17(30-4)20(32-6)18(13-14)31-5/h8-9,12-13H,7,10-11H2,1-6H3. The van der Waals surface area contributed by atoms with E-state index in [1.54, 1.807) is 36.3 Å². The normalized spacial score (nSPS) is 11.0. The number of fused-ring (bicyclic) bond motifs is 1. The first-order valence-corrected chi connectivity index (χ1v) is 11.4. The predicted octanol–water partition coefficient (Wildman–Crippen LogP) is 4.58. The molecule has 0 aliphatic rings. The minimum atomic E-state index is -0.234. The van der Waals surface area contributed by atoms with Crippen molar-refractivity contribution in [1.29, 1.82) is 0 Å². The van der Waals surface area contributed by atoms with Crippen LogP contribution in [0.25, 0.3) is 10.2 Å². The molecule has 0 N–H and O–H groups in total. The fraction of sp³-hybridized carbons (Fsp3) is 0.391. The van der Waals surface area contributed by atoms with Gasteiger partial charge in [0.25, 0.3) is 5.91 Å². The van der Waals surface area contributed by atoms with Gasteiger partial charge >= 0.3 is 0 Å². The lowest BCUT2D eigenvalue weighted by molar-refractivity contribution is 0.0985. The molecule has 0 unspecified atom stereocenters. The molecule has 0 saturated heterocycles. The van der Waals surface area contributed by atoms with E-state index in [1.165, 1.54) is 32.7 Å². The van der Waals surface area contributed by atoms with E-state index < -0.39 is 0 Å². The Labute approximate surface area is 202 Å². The van der Waals surface area contributed by atoms with Crippen LogP contribution in [0.4, 0.5) is 5.13 Å². The molecule has 0 radical (unpaired) electrons. The number of hydrogen-bond acceptors (Lipinski definition) is 8. The van der Waals surface area contributed by atoms with Gasteiger partial charge in [0.2, 0.25) is 5.75 Å². The SMILES string of the molecule is COc1cc(C(=O)N(CCCN(C)C)c2nc3c(OC)ccc(Cl)c3s2)cc(OC)c1OC. The predicted molar refractivity (Wildman–Crippen MR) is 132 cm³/mol. The number of amides is 1. The Balaban J connectivity index is 2.09. The van der Waals surface area contributed by atoms with E-state index in [9.17, 15) is 4.79 Å². The van der Waals surface area contributed by atoms with Crippen LogP contribution >= 0.6 is 22.9 Å². The fourth-order valence-electron chi connectivity index (χ4n) is 3.41. The summed E-state index contributed by atoms with van der Waals surface area (Å²) in [6, 6.07) is 6.82. The summed E-state index contributed by atoms with van der Waals surface area (Å²) in [4.78, 5) is 22.2. The third-order valence-corrected chi connectivity index (χ3v) is 6.58. The molecule has 178 valence electrons. The molecule has 0 bridgehead atoms. The van der Waals surface area contributed by atoms with Crippen molar-refractivity contribution in [2.45, 2.75) is 6.42 Å². The van der Waals surface area contributed by atoms with Crippen LogP contribution in [0.15, 0.2) is 24.3 Å². The average molecular weight is 494 g/mol. The van der Waals surface area contributed by atoms with Gasteiger partial charge in [0.15, 0.2) is 16.6 Å². The molecule has 33 heavy (non-hydrogen) atoms. The van der Waals surface area contributed by atoms with Crippen LogP contribution in [-0.2, 0) is 0 Å². The van der Waals surface area contributed by atoms with Crippen LogP contribution in [0.1, 0.15) is 16.8 Å². The van der Waals surface area contributed by atoms with Crippen molar-refractivity contribution < 1.29 is 23.7 Å². The van der Waals surface area contributed by atoms with Crippen molar-refractivity contribution in [3.63, 3.8) is 0 Å². The van der Waals surface area contributed by atoms with E-state index >= 15 is 0 Å². The van der Waals surface area contributed by atoms with Crippen molar-refractivity contribution in [3.05, 3.63) is 34.9 Å². The quantitative estimate of drug-likeness (QED) is 0.409. The second-order valence-electron chi connectivity index (χ2n) is 7.45. The zero-order chi connectivity index (χ0) is 24.1. The summed E-state index contributed by atoms with van der Waals surface area (Å²) in [5.41, 5.74) is 1.02. The number of anilines is 1. The molecular weight excluding hydrogens is 466 g/mol. The van der Waals surface area contributed by atoms with Gasteiger partial charge in [-0.25, -0.2) is 4.98 Å². The van der Waals surface area contributed by atoms with Crippen LogP contribution < -0.4 is 23.8 Å². The number of carbonyl (C=O) groups excluding carboxylic acids is 1. The van der Waals surface area contributed by atoms with E-state index in [4.69, 9.17) is 35.5 Å². The molecule has 0 atom stereocenters. The molecule has 3 aromatic rings. The highest BCUT2D eigenvalue weighted by atomic mass is 35.5. The number of thiazole rings is 1.